The summed E-state index contributed by atoms with van der Waals surface area (Å²) in [5.41, 5.74) is 1.81. The average molecular weight is 381 g/mol. The van der Waals surface area contributed by atoms with Crippen LogP contribution in [0.25, 0.3) is 0 Å². The molecule has 1 fully saturated rings. The monoisotopic (exact) mass is 380 g/mol. The fourth-order valence-corrected chi connectivity index (χ4v) is 3.52. The Bertz CT molecular complexity index is 814. The Morgan fingerprint density at radius 1 is 1.24 bits per heavy atom. The Morgan fingerprint density at radius 3 is 2.52 bits per heavy atom. The predicted octanol–water partition coefficient (Wildman–Crippen LogP) is 3.28. The van der Waals surface area contributed by atoms with Crippen molar-refractivity contribution in [3.8, 4) is 0 Å². The van der Waals surface area contributed by atoms with Gasteiger partial charge in [-0.3, -0.25) is 14.3 Å². The molecule has 132 valence electrons. The van der Waals surface area contributed by atoms with Crippen LogP contribution in [0, 0.1) is 6.92 Å². The van der Waals surface area contributed by atoms with Gasteiger partial charge in [-0.25, -0.2) is 0 Å². The van der Waals surface area contributed by atoms with Crippen molar-refractivity contribution >= 4 is 40.7 Å². The first-order chi connectivity index (χ1) is 11.9. The van der Waals surface area contributed by atoms with E-state index < -0.39 is 6.04 Å². The highest BCUT2D eigenvalue weighted by atomic mass is 35.5. The van der Waals surface area contributed by atoms with Crippen LogP contribution in [-0.2, 0) is 11.8 Å². The van der Waals surface area contributed by atoms with Gasteiger partial charge in [-0.05, 0) is 38.0 Å². The molecule has 0 spiro atoms. The zero-order valence-corrected chi connectivity index (χ0v) is 15.4. The third-order valence-electron chi connectivity index (χ3n) is 4.41. The van der Waals surface area contributed by atoms with Crippen LogP contribution in [0.4, 0.5) is 5.69 Å². The fourth-order valence-electron chi connectivity index (χ4n) is 3.00. The second-order valence-corrected chi connectivity index (χ2v) is 6.94. The van der Waals surface area contributed by atoms with Crippen molar-refractivity contribution in [2.75, 3.05) is 11.9 Å². The summed E-state index contributed by atoms with van der Waals surface area (Å²) in [4.78, 5) is 27.1. The number of amides is 2. The number of anilines is 1. The normalized spacial score (nSPS) is 17.0. The summed E-state index contributed by atoms with van der Waals surface area (Å²) in [5.74, 6) is -0.418. The van der Waals surface area contributed by atoms with Gasteiger partial charge in [0.1, 0.15) is 6.04 Å². The molecule has 1 saturated heterocycles. The van der Waals surface area contributed by atoms with Crippen molar-refractivity contribution in [2.45, 2.75) is 25.8 Å². The van der Waals surface area contributed by atoms with Crippen LogP contribution in [0.1, 0.15) is 28.9 Å². The first kappa shape index (κ1) is 17.8. The molecule has 1 aromatic carbocycles. The van der Waals surface area contributed by atoms with E-state index >= 15 is 0 Å². The zero-order chi connectivity index (χ0) is 18.1. The Balaban J connectivity index is 1.77. The molecule has 2 amide bonds. The van der Waals surface area contributed by atoms with E-state index in [2.05, 4.69) is 10.4 Å². The molecule has 0 aliphatic carbocycles. The second-order valence-electron chi connectivity index (χ2n) is 6.07. The summed E-state index contributed by atoms with van der Waals surface area (Å²) in [5, 5.41) is 7.78. The second kappa shape index (κ2) is 7.06. The molecule has 0 radical (unpaired) electrons. The number of nitrogens with one attached hydrogen (secondary N) is 1. The molecule has 0 saturated carbocycles. The van der Waals surface area contributed by atoms with Gasteiger partial charge in [-0.15, -0.1) is 0 Å². The van der Waals surface area contributed by atoms with Crippen LogP contribution in [0.5, 0.6) is 0 Å². The van der Waals surface area contributed by atoms with Crippen LogP contribution >= 0.6 is 23.2 Å². The summed E-state index contributed by atoms with van der Waals surface area (Å²) in [6.45, 7) is 2.38. The van der Waals surface area contributed by atoms with E-state index in [0.29, 0.717) is 34.3 Å². The van der Waals surface area contributed by atoms with E-state index in [9.17, 15) is 9.59 Å². The molecule has 1 aromatic heterocycles. The maximum Gasteiger partial charge on any atom is 0.258 e. The van der Waals surface area contributed by atoms with E-state index in [1.165, 1.54) is 0 Å². The molecule has 0 bridgehead atoms. The summed E-state index contributed by atoms with van der Waals surface area (Å²) >= 11 is 11.9. The van der Waals surface area contributed by atoms with E-state index in [1.807, 2.05) is 6.92 Å². The van der Waals surface area contributed by atoms with Gasteiger partial charge in [0, 0.05) is 35.0 Å². The van der Waals surface area contributed by atoms with Gasteiger partial charge in [0.2, 0.25) is 5.91 Å². The molecule has 25 heavy (non-hydrogen) atoms. The summed E-state index contributed by atoms with van der Waals surface area (Å²) in [7, 11) is 1.78. The zero-order valence-electron chi connectivity index (χ0n) is 13.9. The standard InChI is InChI=1S/C17H18Cl2N4O2/c1-10-14(9-20-22(10)2)17(25)23-5-3-4-15(23)16(24)21-13-7-11(18)6-12(19)8-13/h6-9,15H,3-5H2,1-2H3,(H,21,24). The van der Waals surface area contributed by atoms with Gasteiger partial charge in [0.15, 0.2) is 0 Å². The van der Waals surface area contributed by atoms with Gasteiger partial charge in [-0.1, -0.05) is 23.2 Å². The highest BCUT2D eigenvalue weighted by molar-refractivity contribution is 6.35. The topological polar surface area (TPSA) is 67.2 Å². The number of halogens is 2. The Labute approximate surface area is 155 Å². The lowest BCUT2D eigenvalue weighted by Crippen LogP contribution is -2.43. The Morgan fingerprint density at radius 2 is 1.92 bits per heavy atom. The molecule has 2 heterocycles. The molecule has 1 N–H and O–H groups in total. The molecular weight excluding hydrogens is 363 g/mol. The number of aryl methyl sites for hydroxylation is 1. The minimum atomic E-state index is -0.523. The van der Waals surface area contributed by atoms with Gasteiger partial charge < -0.3 is 10.2 Å². The summed E-state index contributed by atoms with van der Waals surface area (Å²) in [6.07, 6.45) is 2.94. The van der Waals surface area contributed by atoms with Crippen LogP contribution in [-0.4, -0.2) is 39.1 Å². The largest absolute Gasteiger partial charge is 0.326 e. The first-order valence-corrected chi connectivity index (χ1v) is 8.69. The van der Waals surface area contributed by atoms with Crippen LogP contribution in [0.15, 0.2) is 24.4 Å². The Hall–Kier alpha value is -2.05. The van der Waals surface area contributed by atoms with E-state index in [1.54, 1.807) is 41.0 Å². The van der Waals surface area contributed by atoms with Crippen molar-refractivity contribution in [3.05, 3.63) is 45.7 Å². The number of benzene rings is 1. The molecule has 3 rings (SSSR count). The van der Waals surface area contributed by atoms with Crippen LogP contribution in [0.2, 0.25) is 10.0 Å². The summed E-state index contributed by atoms with van der Waals surface area (Å²) in [6, 6.07) is 4.31. The van der Waals surface area contributed by atoms with Crippen molar-refractivity contribution in [2.24, 2.45) is 7.05 Å². The van der Waals surface area contributed by atoms with E-state index in [-0.39, 0.29) is 11.8 Å². The number of rotatable bonds is 3. The lowest BCUT2D eigenvalue weighted by atomic mass is 10.1. The van der Waals surface area contributed by atoms with Crippen LogP contribution < -0.4 is 5.32 Å². The number of hydrogen-bond donors (Lipinski definition) is 1. The molecule has 1 unspecified atom stereocenters. The number of likely N-dealkylation sites (tertiary alicyclic amines) is 1. The van der Waals surface area contributed by atoms with E-state index in [4.69, 9.17) is 23.2 Å². The van der Waals surface area contributed by atoms with Gasteiger partial charge >= 0.3 is 0 Å². The average Bonchev–Trinajstić information content (AvgIpc) is 3.14. The molecule has 1 atom stereocenters. The minimum absolute atomic E-state index is 0.174. The molecular formula is C17H18Cl2N4O2. The van der Waals surface area contributed by atoms with Crippen molar-refractivity contribution in [1.29, 1.82) is 0 Å². The van der Waals surface area contributed by atoms with E-state index in [0.717, 1.165) is 12.1 Å². The number of nitrogens with zero attached hydrogens (tertiary/aromatic N) is 3. The fraction of sp³-hybridized carbons (Fsp3) is 0.353. The van der Waals surface area contributed by atoms with Crippen molar-refractivity contribution < 1.29 is 9.59 Å². The summed E-state index contributed by atoms with van der Waals surface area (Å²) < 4.78 is 1.65. The molecule has 6 nitrogen and oxygen atoms in total. The predicted molar refractivity (Wildman–Crippen MR) is 97.1 cm³/mol. The van der Waals surface area contributed by atoms with Gasteiger partial charge in [-0.2, -0.15) is 5.10 Å². The molecule has 8 heteroatoms. The number of aromatic nitrogens is 2. The number of carbonyl (C=O) groups excluding carboxylic acids is 2. The third kappa shape index (κ3) is 3.65. The highest BCUT2D eigenvalue weighted by Crippen LogP contribution is 2.25. The van der Waals surface area contributed by atoms with Gasteiger partial charge in [0.25, 0.3) is 5.91 Å². The third-order valence-corrected chi connectivity index (χ3v) is 4.85. The molecule has 2 aromatic rings. The molecule has 1 aliphatic rings. The quantitative estimate of drug-likeness (QED) is 0.888. The van der Waals surface area contributed by atoms with Crippen molar-refractivity contribution in [1.82, 2.24) is 14.7 Å². The van der Waals surface area contributed by atoms with Gasteiger partial charge in [0.05, 0.1) is 11.8 Å². The Kier molecular flexibility index (Phi) is 5.01. The van der Waals surface area contributed by atoms with Crippen LogP contribution in [0.3, 0.4) is 0 Å². The number of hydrogen-bond acceptors (Lipinski definition) is 3. The molecule has 1 aliphatic heterocycles. The minimum Gasteiger partial charge on any atom is -0.326 e. The smallest absolute Gasteiger partial charge is 0.258 e. The first-order valence-electron chi connectivity index (χ1n) is 7.93. The number of carbonyl (C=O) groups is 2. The SMILES string of the molecule is Cc1c(C(=O)N2CCCC2C(=O)Nc2cc(Cl)cc(Cl)c2)cnn1C. The lowest BCUT2D eigenvalue weighted by Gasteiger charge is -2.24. The van der Waals surface area contributed by atoms with Crippen molar-refractivity contribution in [3.63, 3.8) is 0 Å². The maximum atomic E-state index is 12.8. The highest BCUT2D eigenvalue weighted by Gasteiger charge is 2.35. The maximum absolute atomic E-state index is 12.8. The lowest BCUT2D eigenvalue weighted by molar-refractivity contribution is -0.119.